The number of aliphatic hydroxyl groups excluding tert-OH is 1. The van der Waals surface area contributed by atoms with Crippen LogP contribution in [-0.4, -0.2) is 97.4 Å². The Morgan fingerprint density at radius 1 is 0.735 bits per heavy atom. The summed E-state index contributed by atoms with van der Waals surface area (Å²) in [6.45, 7) is 4.89. The number of hydrogen-bond acceptors (Lipinski definition) is 14. The molecule has 0 spiro atoms. The molecule has 0 saturated carbocycles. The quantitative estimate of drug-likeness (QED) is 0.313. The van der Waals surface area contributed by atoms with Gasteiger partial charge in [-0.15, -0.1) is 0 Å². The minimum Gasteiger partial charge on any atom is -0.463 e. The summed E-state index contributed by atoms with van der Waals surface area (Å²) in [4.78, 5) is 57.8. The molecule has 0 bridgehead atoms. The number of esters is 5. The fourth-order valence-electron chi connectivity index (χ4n) is 3.48. The molecular formula is C20H28O14. The third-order valence-corrected chi connectivity index (χ3v) is 4.64. The molecular weight excluding hydrogens is 464 g/mol. The van der Waals surface area contributed by atoms with Gasteiger partial charge in [-0.25, -0.2) is 0 Å². The Labute approximate surface area is 194 Å². The monoisotopic (exact) mass is 492 g/mol. The average molecular weight is 492 g/mol. The molecule has 0 unspecified atom stereocenters. The second-order valence-corrected chi connectivity index (χ2v) is 7.54. The van der Waals surface area contributed by atoms with Crippen molar-refractivity contribution in [1.29, 1.82) is 0 Å². The second kappa shape index (κ2) is 12.1. The fraction of sp³-hybridized carbons (Fsp3) is 0.750. The van der Waals surface area contributed by atoms with E-state index >= 15 is 0 Å². The zero-order chi connectivity index (χ0) is 25.6. The van der Waals surface area contributed by atoms with Crippen molar-refractivity contribution in [2.24, 2.45) is 0 Å². The zero-order valence-electron chi connectivity index (χ0n) is 19.3. The second-order valence-electron chi connectivity index (χ2n) is 7.54. The average Bonchev–Trinajstić information content (AvgIpc) is 2.99. The van der Waals surface area contributed by atoms with E-state index in [1.165, 1.54) is 0 Å². The van der Waals surface area contributed by atoms with Crippen molar-refractivity contribution in [3.63, 3.8) is 0 Å². The molecule has 192 valence electrons. The summed E-state index contributed by atoms with van der Waals surface area (Å²) in [7, 11) is 0. The maximum Gasteiger partial charge on any atom is 0.303 e. The fourth-order valence-corrected chi connectivity index (χ4v) is 3.48. The van der Waals surface area contributed by atoms with Crippen LogP contribution in [0.15, 0.2) is 0 Å². The van der Waals surface area contributed by atoms with E-state index in [0.29, 0.717) is 0 Å². The van der Waals surface area contributed by atoms with Crippen molar-refractivity contribution in [1.82, 2.24) is 0 Å². The van der Waals surface area contributed by atoms with Crippen LogP contribution in [0.3, 0.4) is 0 Å². The SMILES string of the molecule is CC(=O)OC[C@H]1O[C@@H](O[C@H]2CO[C@@H](O)[C@@H](OC(C)=O)[C@@H]2OC(C)=O)[C@@H](OC(C)=O)[C@H]1OC(C)=O. The van der Waals surface area contributed by atoms with Crippen LogP contribution in [0.25, 0.3) is 0 Å². The summed E-state index contributed by atoms with van der Waals surface area (Å²) in [5, 5.41) is 10.1. The van der Waals surface area contributed by atoms with Crippen LogP contribution >= 0.6 is 0 Å². The van der Waals surface area contributed by atoms with Gasteiger partial charge in [-0.3, -0.25) is 24.0 Å². The molecule has 0 radical (unpaired) electrons. The minimum atomic E-state index is -1.62. The molecule has 0 aromatic rings. The molecule has 2 fully saturated rings. The summed E-state index contributed by atoms with van der Waals surface area (Å²) in [5.41, 5.74) is 0. The van der Waals surface area contributed by atoms with Gasteiger partial charge in [0.2, 0.25) is 0 Å². The Balaban J connectivity index is 2.31. The largest absolute Gasteiger partial charge is 0.463 e. The van der Waals surface area contributed by atoms with E-state index < -0.39 is 79.1 Å². The summed E-state index contributed by atoms with van der Waals surface area (Å²) >= 11 is 0. The Hall–Kier alpha value is -2.81. The van der Waals surface area contributed by atoms with Crippen LogP contribution in [-0.2, 0) is 61.9 Å². The molecule has 0 aromatic heterocycles. The van der Waals surface area contributed by atoms with Crippen molar-refractivity contribution >= 4 is 29.8 Å². The molecule has 1 N–H and O–H groups in total. The zero-order valence-corrected chi connectivity index (χ0v) is 19.3. The van der Waals surface area contributed by atoms with Crippen molar-refractivity contribution in [2.45, 2.75) is 83.8 Å². The Morgan fingerprint density at radius 2 is 1.24 bits per heavy atom. The highest BCUT2D eigenvalue weighted by molar-refractivity contribution is 5.68. The number of carbonyl (C=O) groups excluding carboxylic acids is 5. The molecule has 14 heteroatoms. The molecule has 2 aliphatic heterocycles. The van der Waals surface area contributed by atoms with E-state index in [1.807, 2.05) is 0 Å². The first-order valence-electron chi connectivity index (χ1n) is 10.3. The molecule has 2 rings (SSSR count). The van der Waals surface area contributed by atoms with Crippen molar-refractivity contribution in [3.8, 4) is 0 Å². The highest BCUT2D eigenvalue weighted by Gasteiger charge is 2.54. The van der Waals surface area contributed by atoms with Gasteiger partial charge in [0.15, 0.2) is 37.0 Å². The topological polar surface area (TPSA) is 179 Å². The lowest BCUT2D eigenvalue weighted by atomic mass is 10.0. The third kappa shape index (κ3) is 7.62. The van der Waals surface area contributed by atoms with Gasteiger partial charge >= 0.3 is 29.8 Å². The standard InChI is InChI=1S/C20H28O14/c1-8(21)27-6-13-16(30-10(3)23)18(32-12(5)25)20(33-13)34-14-7-28-19(26)17(31-11(4)24)15(14)29-9(2)22/h13-20,26H,6-7H2,1-5H3/t13-,14+,15-,16+,17+,18+,19-,20+/m1/s1. The van der Waals surface area contributed by atoms with Gasteiger partial charge in [0, 0.05) is 34.6 Å². The van der Waals surface area contributed by atoms with E-state index in [2.05, 4.69) is 0 Å². The molecule has 2 heterocycles. The van der Waals surface area contributed by atoms with E-state index in [4.69, 9.17) is 37.9 Å². The van der Waals surface area contributed by atoms with Crippen LogP contribution in [0.4, 0.5) is 0 Å². The van der Waals surface area contributed by atoms with E-state index in [1.54, 1.807) is 0 Å². The van der Waals surface area contributed by atoms with Gasteiger partial charge < -0.3 is 43.0 Å². The Morgan fingerprint density at radius 3 is 1.76 bits per heavy atom. The first kappa shape index (κ1) is 27.4. The molecule has 2 saturated heterocycles. The van der Waals surface area contributed by atoms with Crippen molar-refractivity contribution < 1.29 is 67.0 Å². The van der Waals surface area contributed by atoms with Gasteiger partial charge in [-0.1, -0.05) is 0 Å². The molecule has 0 aromatic carbocycles. The Bertz CT molecular complexity index is 781. The maximum absolute atomic E-state index is 11.7. The predicted octanol–water partition coefficient (Wildman–Crippen LogP) is -1.26. The Kier molecular flexibility index (Phi) is 9.73. The predicted molar refractivity (Wildman–Crippen MR) is 104 cm³/mol. The van der Waals surface area contributed by atoms with Gasteiger partial charge in [0.25, 0.3) is 0 Å². The van der Waals surface area contributed by atoms with E-state index in [0.717, 1.165) is 34.6 Å². The summed E-state index contributed by atoms with van der Waals surface area (Å²) < 4.78 is 42.4. The smallest absolute Gasteiger partial charge is 0.303 e. The van der Waals surface area contributed by atoms with Crippen LogP contribution in [0, 0.1) is 0 Å². The van der Waals surface area contributed by atoms with Crippen molar-refractivity contribution in [3.05, 3.63) is 0 Å². The van der Waals surface area contributed by atoms with Gasteiger partial charge in [0.05, 0.1) is 6.61 Å². The van der Waals surface area contributed by atoms with Crippen molar-refractivity contribution in [2.75, 3.05) is 13.2 Å². The van der Waals surface area contributed by atoms with Gasteiger partial charge in [-0.05, 0) is 0 Å². The summed E-state index contributed by atoms with van der Waals surface area (Å²) in [6.07, 6.45) is -10.6. The lowest BCUT2D eigenvalue weighted by Gasteiger charge is -2.40. The molecule has 0 aliphatic carbocycles. The lowest BCUT2D eigenvalue weighted by Crippen LogP contribution is -2.58. The number of aliphatic hydroxyl groups is 1. The van der Waals surface area contributed by atoms with Crippen LogP contribution in [0.1, 0.15) is 34.6 Å². The van der Waals surface area contributed by atoms with E-state index in [-0.39, 0.29) is 13.2 Å². The molecule has 2 aliphatic rings. The molecule has 0 amide bonds. The number of hydrogen-bond donors (Lipinski definition) is 1. The molecule has 34 heavy (non-hydrogen) atoms. The van der Waals surface area contributed by atoms with Gasteiger partial charge in [0.1, 0.15) is 18.8 Å². The van der Waals surface area contributed by atoms with E-state index in [9.17, 15) is 29.1 Å². The number of carbonyl (C=O) groups is 5. The first-order chi connectivity index (χ1) is 15.9. The van der Waals surface area contributed by atoms with Gasteiger partial charge in [-0.2, -0.15) is 0 Å². The highest BCUT2D eigenvalue weighted by Crippen LogP contribution is 2.32. The summed E-state index contributed by atoms with van der Waals surface area (Å²) in [5.74, 6) is -3.66. The first-order valence-corrected chi connectivity index (χ1v) is 10.3. The normalized spacial score (nSPS) is 32.9. The maximum atomic E-state index is 11.7. The number of ether oxygens (including phenoxy) is 8. The highest BCUT2D eigenvalue weighted by atomic mass is 16.8. The number of rotatable bonds is 8. The molecule has 8 atom stereocenters. The van der Waals surface area contributed by atoms with Crippen LogP contribution in [0.5, 0.6) is 0 Å². The third-order valence-electron chi connectivity index (χ3n) is 4.64. The van der Waals surface area contributed by atoms with Crippen LogP contribution in [0.2, 0.25) is 0 Å². The van der Waals surface area contributed by atoms with Crippen LogP contribution < -0.4 is 0 Å². The minimum absolute atomic E-state index is 0.337. The lowest BCUT2D eigenvalue weighted by molar-refractivity contribution is -0.298. The molecule has 14 nitrogen and oxygen atoms in total. The summed E-state index contributed by atoms with van der Waals surface area (Å²) in [6, 6.07) is 0.